The predicted molar refractivity (Wildman–Crippen MR) is 168 cm³/mol. The summed E-state index contributed by atoms with van der Waals surface area (Å²) in [6.07, 6.45) is 2.89. The van der Waals surface area contributed by atoms with Crippen LogP contribution in [0.4, 0.5) is 16.2 Å². The summed E-state index contributed by atoms with van der Waals surface area (Å²) in [5.74, 6) is -0.103. The van der Waals surface area contributed by atoms with E-state index in [4.69, 9.17) is 27.9 Å². The van der Waals surface area contributed by atoms with Crippen LogP contribution in [0.25, 0.3) is 22.0 Å². The van der Waals surface area contributed by atoms with Gasteiger partial charge in [-0.3, -0.25) is 9.78 Å². The monoisotopic (exact) mass is 605 g/mol. The van der Waals surface area contributed by atoms with Gasteiger partial charge >= 0.3 is 6.09 Å². The summed E-state index contributed by atoms with van der Waals surface area (Å²) >= 11 is 12.4. The van der Waals surface area contributed by atoms with Crippen LogP contribution in [0.1, 0.15) is 63.4 Å². The summed E-state index contributed by atoms with van der Waals surface area (Å²) in [4.78, 5) is 30.3. The maximum atomic E-state index is 13.3. The van der Waals surface area contributed by atoms with Crippen molar-refractivity contribution in [3.63, 3.8) is 0 Å². The van der Waals surface area contributed by atoms with Crippen LogP contribution in [-0.2, 0) is 10.3 Å². The first-order valence-corrected chi connectivity index (χ1v) is 14.5. The molecule has 5 rings (SSSR count). The zero-order chi connectivity index (χ0) is 30.4. The Kier molecular flexibility index (Phi) is 7.86. The van der Waals surface area contributed by atoms with Crippen LogP contribution in [0.3, 0.4) is 0 Å². The molecule has 1 aliphatic carbocycles. The number of Topliss-reactive ketones (excluding diaryl/α,β-unsaturated/α-hetero) is 1. The number of hydrogen-bond acceptors (Lipinski definition) is 6. The van der Waals surface area contributed by atoms with Gasteiger partial charge in [-0.2, -0.15) is 0 Å². The maximum absolute atomic E-state index is 13.3. The number of fused-ring (bicyclic) bond motifs is 1. The van der Waals surface area contributed by atoms with Gasteiger partial charge in [0.1, 0.15) is 5.60 Å². The molecule has 1 heterocycles. The molecule has 0 saturated heterocycles. The lowest BCUT2D eigenvalue weighted by atomic mass is 9.94. The van der Waals surface area contributed by atoms with E-state index >= 15 is 0 Å². The number of halogens is 2. The normalized spacial score (nSPS) is 13.6. The zero-order valence-electron chi connectivity index (χ0n) is 24.1. The van der Waals surface area contributed by atoms with Gasteiger partial charge in [-0.25, -0.2) is 4.79 Å². The first-order chi connectivity index (χ1) is 19.7. The number of amides is 1. The van der Waals surface area contributed by atoms with Gasteiger partial charge in [0.05, 0.1) is 32.4 Å². The molecule has 1 saturated carbocycles. The number of aromatic nitrogens is 1. The number of nitrogens with one attached hydrogen (secondary N) is 2. The maximum Gasteiger partial charge on any atom is 0.408 e. The molecule has 1 fully saturated rings. The number of ether oxygens (including phenoxy) is 1. The molecule has 1 amide bonds. The van der Waals surface area contributed by atoms with Crippen LogP contribution in [0.2, 0.25) is 10.0 Å². The number of nitrogens with zero attached hydrogens (tertiary/aromatic N) is 1. The fourth-order valence-electron chi connectivity index (χ4n) is 4.74. The van der Waals surface area contributed by atoms with E-state index in [0.717, 1.165) is 40.6 Å². The highest BCUT2D eigenvalue weighted by molar-refractivity contribution is 6.37. The van der Waals surface area contributed by atoms with E-state index in [-0.39, 0.29) is 27.5 Å². The van der Waals surface area contributed by atoms with Gasteiger partial charge in [0.15, 0.2) is 11.5 Å². The Hall–Kier alpha value is -3.81. The minimum atomic E-state index is -0.682. The number of rotatable bonds is 7. The molecule has 0 spiro atoms. The fourth-order valence-corrected chi connectivity index (χ4v) is 5.22. The van der Waals surface area contributed by atoms with E-state index in [1.165, 1.54) is 0 Å². The van der Waals surface area contributed by atoms with E-state index < -0.39 is 17.2 Å². The topological polar surface area (TPSA) is 101 Å². The van der Waals surface area contributed by atoms with Crippen molar-refractivity contribution in [1.82, 2.24) is 10.3 Å². The number of pyridine rings is 1. The zero-order valence-corrected chi connectivity index (χ0v) is 25.7. The summed E-state index contributed by atoms with van der Waals surface area (Å²) < 4.78 is 5.43. The molecular formula is C33H33Cl2N3O4. The molecule has 3 N–H and O–H groups in total. The highest BCUT2D eigenvalue weighted by Gasteiger charge is 2.33. The fraction of sp³-hybridized carbons (Fsp3) is 0.303. The Bertz CT molecular complexity index is 1670. The Morgan fingerprint density at radius 2 is 1.57 bits per heavy atom. The SMILES string of the molecule is CC(C)(C)OC(=O)NC(C)(C)c1ccc(Nc2c(C(=O)C3CC3)cnc3ccc(-c4cc(Cl)c(O)c(Cl)c4)cc23)cc1. The minimum absolute atomic E-state index is 0.00444. The Balaban J connectivity index is 1.51. The molecule has 9 heteroatoms. The lowest BCUT2D eigenvalue weighted by molar-refractivity contribution is 0.0470. The van der Waals surface area contributed by atoms with Gasteiger partial charge in [0.2, 0.25) is 0 Å². The number of ketones is 1. The molecular weight excluding hydrogens is 573 g/mol. The average Bonchev–Trinajstić information content (AvgIpc) is 3.76. The van der Waals surface area contributed by atoms with Crippen molar-refractivity contribution in [2.75, 3.05) is 5.32 Å². The first-order valence-electron chi connectivity index (χ1n) is 13.8. The van der Waals surface area contributed by atoms with E-state index in [9.17, 15) is 14.7 Å². The second-order valence-corrected chi connectivity index (χ2v) is 13.0. The number of aromatic hydroxyl groups is 1. The molecule has 7 nitrogen and oxygen atoms in total. The minimum Gasteiger partial charge on any atom is -0.505 e. The van der Waals surface area contributed by atoms with Gasteiger partial charge in [-0.15, -0.1) is 0 Å². The van der Waals surface area contributed by atoms with E-state index in [2.05, 4.69) is 15.6 Å². The average molecular weight is 607 g/mol. The molecule has 0 radical (unpaired) electrons. The molecule has 218 valence electrons. The van der Waals surface area contributed by atoms with Crippen molar-refractivity contribution in [2.45, 2.75) is 58.6 Å². The van der Waals surface area contributed by atoms with Gasteiger partial charge in [0, 0.05) is 23.2 Å². The molecule has 1 aliphatic rings. The summed E-state index contributed by atoms with van der Waals surface area (Å²) in [5.41, 5.74) is 3.80. The van der Waals surface area contributed by atoms with Crippen LogP contribution in [0.15, 0.2) is 60.8 Å². The second-order valence-electron chi connectivity index (χ2n) is 12.2. The van der Waals surface area contributed by atoms with Crippen LogP contribution in [-0.4, -0.2) is 27.6 Å². The number of phenolic OH excluding ortho intramolecular Hbond substituents is 1. The smallest absolute Gasteiger partial charge is 0.408 e. The summed E-state index contributed by atoms with van der Waals surface area (Å²) in [6, 6.07) is 16.7. The van der Waals surface area contributed by atoms with Crippen molar-refractivity contribution < 1.29 is 19.4 Å². The molecule has 3 aromatic carbocycles. The van der Waals surface area contributed by atoms with Gasteiger partial charge in [-0.1, -0.05) is 41.4 Å². The number of alkyl carbamates (subject to hydrolysis) is 1. The standard InChI is InChI=1S/C33H33Cl2N3O4/c1-32(2,3)42-31(41)38-33(4,5)21-9-11-22(12-10-21)37-28-23-14-19(20-15-25(34)30(40)26(35)16-20)8-13-27(23)36-17-24(28)29(39)18-6-7-18/h8-18,40H,6-7H2,1-5H3,(H,36,37)(H,38,41). The van der Waals surface area contributed by atoms with Crippen LogP contribution in [0.5, 0.6) is 5.75 Å². The van der Waals surface area contributed by atoms with Gasteiger partial charge in [-0.05, 0) is 101 Å². The van der Waals surface area contributed by atoms with Crippen molar-refractivity contribution in [3.05, 3.63) is 82.0 Å². The third-order valence-electron chi connectivity index (χ3n) is 7.12. The van der Waals surface area contributed by atoms with Crippen LogP contribution >= 0.6 is 23.2 Å². The van der Waals surface area contributed by atoms with Crippen LogP contribution < -0.4 is 10.6 Å². The van der Waals surface area contributed by atoms with Crippen molar-refractivity contribution in [2.24, 2.45) is 5.92 Å². The lowest BCUT2D eigenvalue weighted by Crippen LogP contribution is -2.43. The highest BCUT2D eigenvalue weighted by Crippen LogP contribution is 2.40. The number of anilines is 2. The van der Waals surface area contributed by atoms with Gasteiger partial charge < -0.3 is 20.5 Å². The summed E-state index contributed by atoms with van der Waals surface area (Å²) in [6.45, 7) is 9.28. The van der Waals surface area contributed by atoms with Crippen molar-refractivity contribution >= 4 is 57.4 Å². The summed E-state index contributed by atoms with van der Waals surface area (Å²) in [5, 5.41) is 17.5. The molecule has 0 aliphatic heterocycles. The second kappa shape index (κ2) is 11.1. The van der Waals surface area contributed by atoms with Crippen molar-refractivity contribution in [1.29, 1.82) is 0 Å². The molecule has 4 aromatic rings. The Morgan fingerprint density at radius 3 is 2.17 bits per heavy atom. The predicted octanol–water partition coefficient (Wildman–Crippen LogP) is 9.01. The number of phenols is 1. The van der Waals surface area contributed by atoms with E-state index in [1.54, 1.807) is 18.3 Å². The molecule has 1 aromatic heterocycles. The molecule has 0 bridgehead atoms. The largest absolute Gasteiger partial charge is 0.505 e. The Morgan fingerprint density at radius 1 is 0.929 bits per heavy atom. The van der Waals surface area contributed by atoms with Crippen molar-refractivity contribution in [3.8, 4) is 16.9 Å². The Labute approximate surface area is 255 Å². The molecule has 0 unspecified atom stereocenters. The summed E-state index contributed by atoms with van der Waals surface area (Å²) in [7, 11) is 0. The van der Waals surface area contributed by atoms with E-state index in [1.807, 2.05) is 77.1 Å². The number of carbonyl (C=O) groups is 2. The van der Waals surface area contributed by atoms with E-state index in [0.29, 0.717) is 16.8 Å². The quantitative estimate of drug-likeness (QED) is 0.182. The molecule has 42 heavy (non-hydrogen) atoms. The lowest BCUT2D eigenvalue weighted by Gasteiger charge is -2.29. The first kappa shape index (κ1) is 29.7. The van der Waals surface area contributed by atoms with Crippen LogP contribution in [0, 0.1) is 5.92 Å². The highest BCUT2D eigenvalue weighted by atomic mass is 35.5. The number of carbonyl (C=O) groups excluding carboxylic acids is 2. The third-order valence-corrected chi connectivity index (χ3v) is 7.70. The number of hydrogen-bond donors (Lipinski definition) is 3. The number of benzene rings is 3. The molecule has 0 atom stereocenters. The van der Waals surface area contributed by atoms with Gasteiger partial charge in [0.25, 0.3) is 0 Å². The third kappa shape index (κ3) is 6.48.